The van der Waals surface area contributed by atoms with Gasteiger partial charge in [0.1, 0.15) is 5.01 Å². The van der Waals surface area contributed by atoms with Crippen LogP contribution in [-0.2, 0) is 11.3 Å². The normalized spacial score (nSPS) is 13.2. The van der Waals surface area contributed by atoms with Gasteiger partial charge in [-0.05, 0) is 35.7 Å². The highest BCUT2D eigenvalue weighted by Crippen LogP contribution is 2.32. The number of hydrogen-bond acceptors (Lipinski definition) is 4. The van der Waals surface area contributed by atoms with Crippen LogP contribution in [-0.4, -0.2) is 16.8 Å². The first-order chi connectivity index (χ1) is 15.2. The number of aromatic nitrogens is 1. The molecule has 154 valence electrons. The summed E-state index contributed by atoms with van der Waals surface area (Å²) in [6, 6.07) is 21.5. The van der Waals surface area contributed by atoms with Crippen LogP contribution in [0, 0.1) is 5.92 Å². The lowest BCUT2D eigenvalue weighted by atomic mass is 10.0. The fourth-order valence-electron chi connectivity index (χ4n) is 3.48. The van der Waals surface area contributed by atoms with E-state index in [1.807, 2.05) is 72.1 Å². The standard InChI is InChI=1S/C25H21N3O2S/c29-23(16-10-11-16)28-22-13-19-9-5-4-8-18(19)12-21(22)24(30)26-14-20-15-31-25(27-20)17-6-2-1-3-7-17/h1-9,12-13,15-16H,10-11,14H2,(H,26,30)(H,28,29). The minimum absolute atomic E-state index is 0.0173. The predicted octanol–water partition coefficient (Wildman–Crippen LogP) is 5.24. The Bertz CT molecular complexity index is 1260. The van der Waals surface area contributed by atoms with Gasteiger partial charge in [0.2, 0.25) is 5.91 Å². The number of thiazole rings is 1. The van der Waals surface area contributed by atoms with E-state index in [2.05, 4.69) is 15.6 Å². The van der Waals surface area contributed by atoms with Gasteiger partial charge >= 0.3 is 0 Å². The van der Waals surface area contributed by atoms with Gasteiger partial charge < -0.3 is 10.6 Å². The average molecular weight is 428 g/mol. The van der Waals surface area contributed by atoms with Crippen LogP contribution in [0.25, 0.3) is 21.3 Å². The Kier molecular flexibility index (Phi) is 5.22. The van der Waals surface area contributed by atoms with E-state index in [1.54, 1.807) is 11.3 Å². The third-order valence-corrected chi connectivity index (χ3v) is 6.28. The first-order valence-corrected chi connectivity index (χ1v) is 11.2. The van der Waals surface area contributed by atoms with Crippen LogP contribution in [0.2, 0.25) is 0 Å². The smallest absolute Gasteiger partial charge is 0.253 e. The van der Waals surface area contributed by atoms with Crippen LogP contribution >= 0.6 is 11.3 Å². The molecule has 0 spiro atoms. The van der Waals surface area contributed by atoms with Gasteiger partial charge in [-0.3, -0.25) is 9.59 Å². The van der Waals surface area contributed by atoms with E-state index in [0.29, 0.717) is 17.8 Å². The van der Waals surface area contributed by atoms with Crippen LogP contribution in [0.4, 0.5) is 5.69 Å². The number of fused-ring (bicyclic) bond motifs is 1. The Morgan fingerprint density at radius 2 is 1.68 bits per heavy atom. The zero-order valence-electron chi connectivity index (χ0n) is 16.8. The van der Waals surface area contributed by atoms with Gasteiger partial charge in [-0.1, -0.05) is 54.6 Å². The van der Waals surface area contributed by atoms with Crippen molar-refractivity contribution in [1.82, 2.24) is 10.3 Å². The molecule has 6 heteroatoms. The molecule has 0 bridgehead atoms. The zero-order valence-corrected chi connectivity index (χ0v) is 17.6. The molecule has 1 aliphatic carbocycles. The number of rotatable bonds is 6. The number of carbonyl (C=O) groups excluding carboxylic acids is 2. The van der Waals surface area contributed by atoms with E-state index in [0.717, 1.165) is 39.9 Å². The monoisotopic (exact) mass is 427 g/mol. The Morgan fingerprint density at radius 1 is 0.968 bits per heavy atom. The molecule has 0 radical (unpaired) electrons. The Balaban J connectivity index is 1.36. The number of hydrogen-bond donors (Lipinski definition) is 2. The lowest BCUT2D eigenvalue weighted by Crippen LogP contribution is -2.25. The molecule has 5 nitrogen and oxygen atoms in total. The summed E-state index contributed by atoms with van der Waals surface area (Å²) in [5, 5.41) is 10.7. The summed E-state index contributed by atoms with van der Waals surface area (Å²) in [4.78, 5) is 30.0. The molecule has 0 atom stereocenters. The first-order valence-electron chi connectivity index (χ1n) is 10.3. The second kappa shape index (κ2) is 8.32. The van der Waals surface area contributed by atoms with Crippen molar-refractivity contribution in [2.45, 2.75) is 19.4 Å². The average Bonchev–Trinajstić information content (AvgIpc) is 3.55. The van der Waals surface area contributed by atoms with Crippen molar-refractivity contribution in [3.05, 3.63) is 83.4 Å². The van der Waals surface area contributed by atoms with Crippen molar-refractivity contribution in [1.29, 1.82) is 0 Å². The number of amides is 2. The van der Waals surface area contributed by atoms with Crippen molar-refractivity contribution in [2.75, 3.05) is 5.32 Å². The van der Waals surface area contributed by atoms with E-state index in [4.69, 9.17) is 0 Å². The molecule has 1 aliphatic rings. The zero-order chi connectivity index (χ0) is 21.2. The van der Waals surface area contributed by atoms with Gasteiger partial charge in [-0.25, -0.2) is 4.98 Å². The largest absolute Gasteiger partial charge is 0.346 e. The fourth-order valence-corrected chi connectivity index (χ4v) is 4.31. The first kappa shape index (κ1) is 19.5. The summed E-state index contributed by atoms with van der Waals surface area (Å²) in [7, 11) is 0. The molecule has 0 unspecified atom stereocenters. The number of anilines is 1. The maximum absolute atomic E-state index is 13.0. The van der Waals surface area contributed by atoms with E-state index >= 15 is 0 Å². The second-order valence-electron chi connectivity index (χ2n) is 7.70. The van der Waals surface area contributed by atoms with Crippen molar-refractivity contribution < 1.29 is 9.59 Å². The van der Waals surface area contributed by atoms with Gasteiger partial charge in [0.05, 0.1) is 23.5 Å². The highest BCUT2D eigenvalue weighted by molar-refractivity contribution is 7.13. The quantitative estimate of drug-likeness (QED) is 0.442. The number of nitrogens with one attached hydrogen (secondary N) is 2. The molecular formula is C25H21N3O2S. The van der Waals surface area contributed by atoms with Crippen LogP contribution in [0.1, 0.15) is 28.9 Å². The van der Waals surface area contributed by atoms with Gasteiger partial charge in [-0.15, -0.1) is 11.3 Å². The summed E-state index contributed by atoms with van der Waals surface area (Å²) >= 11 is 1.55. The predicted molar refractivity (Wildman–Crippen MR) is 124 cm³/mol. The van der Waals surface area contributed by atoms with E-state index in [-0.39, 0.29) is 17.7 Å². The van der Waals surface area contributed by atoms with Crippen LogP contribution in [0.15, 0.2) is 72.1 Å². The van der Waals surface area contributed by atoms with Crippen molar-refractivity contribution in [3.8, 4) is 10.6 Å². The van der Waals surface area contributed by atoms with Gasteiger partial charge in [-0.2, -0.15) is 0 Å². The maximum atomic E-state index is 13.0. The van der Waals surface area contributed by atoms with E-state index in [9.17, 15) is 9.59 Å². The third-order valence-electron chi connectivity index (χ3n) is 5.34. The molecule has 2 N–H and O–H groups in total. The molecule has 1 saturated carbocycles. The minimum Gasteiger partial charge on any atom is -0.346 e. The lowest BCUT2D eigenvalue weighted by Gasteiger charge is -2.13. The Hall–Kier alpha value is -3.51. The SMILES string of the molecule is O=C(NCc1csc(-c2ccccc2)n1)c1cc2ccccc2cc1NC(=O)C1CC1. The number of benzene rings is 3. The van der Waals surface area contributed by atoms with Crippen LogP contribution < -0.4 is 10.6 Å². The summed E-state index contributed by atoms with van der Waals surface area (Å²) < 4.78 is 0. The van der Waals surface area contributed by atoms with E-state index in [1.165, 1.54) is 0 Å². The van der Waals surface area contributed by atoms with E-state index < -0.39 is 0 Å². The highest BCUT2D eigenvalue weighted by Gasteiger charge is 2.30. The summed E-state index contributed by atoms with van der Waals surface area (Å²) in [5.41, 5.74) is 2.88. The molecule has 1 aromatic heterocycles. The van der Waals surface area contributed by atoms with Gasteiger partial charge in [0.25, 0.3) is 5.91 Å². The molecule has 3 aromatic carbocycles. The third kappa shape index (κ3) is 4.34. The maximum Gasteiger partial charge on any atom is 0.253 e. The fraction of sp³-hybridized carbons (Fsp3) is 0.160. The molecular weight excluding hydrogens is 406 g/mol. The molecule has 1 heterocycles. The second-order valence-corrected chi connectivity index (χ2v) is 8.56. The summed E-state index contributed by atoms with van der Waals surface area (Å²) in [6.45, 7) is 0.324. The minimum atomic E-state index is -0.230. The molecule has 1 fully saturated rings. The molecule has 5 rings (SSSR count). The molecule has 2 amide bonds. The summed E-state index contributed by atoms with van der Waals surface area (Å²) in [5.74, 6) is -0.184. The highest BCUT2D eigenvalue weighted by atomic mass is 32.1. The van der Waals surface area contributed by atoms with Crippen LogP contribution in [0.5, 0.6) is 0 Å². The molecule has 31 heavy (non-hydrogen) atoms. The molecule has 0 saturated heterocycles. The van der Waals surface area contributed by atoms with Crippen molar-refractivity contribution >= 4 is 39.6 Å². The Labute approximate surface area is 184 Å². The molecule has 4 aromatic rings. The van der Waals surface area contributed by atoms with Gasteiger partial charge in [0.15, 0.2) is 0 Å². The van der Waals surface area contributed by atoms with Crippen molar-refractivity contribution in [2.24, 2.45) is 5.92 Å². The van der Waals surface area contributed by atoms with Crippen molar-refractivity contribution in [3.63, 3.8) is 0 Å². The van der Waals surface area contributed by atoms with Crippen LogP contribution in [0.3, 0.4) is 0 Å². The molecule has 0 aliphatic heterocycles. The summed E-state index contributed by atoms with van der Waals surface area (Å²) in [6.07, 6.45) is 1.82. The van der Waals surface area contributed by atoms with Gasteiger partial charge in [0, 0.05) is 16.9 Å². The lowest BCUT2D eigenvalue weighted by molar-refractivity contribution is -0.117. The number of nitrogens with zero attached hydrogens (tertiary/aromatic N) is 1. The number of carbonyl (C=O) groups is 2. The topological polar surface area (TPSA) is 71.1 Å². The Morgan fingerprint density at radius 3 is 2.42 bits per heavy atom.